The Morgan fingerprint density at radius 2 is 2.05 bits per heavy atom. The molecule has 0 bridgehead atoms. The average Bonchev–Trinajstić information content (AvgIpc) is 2.81. The van der Waals surface area contributed by atoms with Crippen molar-refractivity contribution in [3.63, 3.8) is 0 Å². The number of carboxylic acids is 1. The summed E-state index contributed by atoms with van der Waals surface area (Å²) in [4.78, 5) is 23.2. The zero-order valence-corrected chi connectivity index (χ0v) is 12.3. The molecule has 7 nitrogen and oxygen atoms in total. The van der Waals surface area contributed by atoms with Crippen molar-refractivity contribution in [1.82, 2.24) is 20.4 Å². The third-order valence-corrected chi connectivity index (χ3v) is 3.56. The van der Waals surface area contributed by atoms with Crippen LogP contribution in [-0.2, 0) is 11.8 Å². The topological polar surface area (TPSA) is 96.2 Å². The van der Waals surface area contributed by atoms with Crippen LogP contribution in [0.2, 0.25) is 0 Å². The molecule has 3 N–H and O–H groups in total. The maximum absolute atomic E-state index is 12.0. The van der Waals surface area contributed by atoms with Gasteiger partial charge in [-0.1, -0.05) is 13.8 Å². The van der Waals surface area contributed by atoms with E-state index in [4.69, 9.17) is 0 Å². The molecule has 1 unspecified atom stereocenters. The molecule has 0 saturated heterocycles. The van der Waals surface area contributed by atoms with Crippen molar-refractivity contribution in [3.8, 4) is 0 Å². The predicted molar refractivity (Wildman–Crippen MR) is 74.2 cm³/mol. The molecule has 7 heteroatoms. The molecule has 0 aliphatic carbocycles. The monoisotopic (exact) mass is 282 g/mol. The van der Waals surface area contributed by atoms with Gasteiger partial charge >= 0.3 is 12.0 Å². The number of aliphatic carboxylic acids is 1. The SMILES string of the molecule is CCC(C)(CC)NC(=O)NC(C(=O)O)c1cnn(C)c1. The highest BCUT2D eigenvalue weighted by atomic mass is 16.4. The summed E-state index contributed by atoms with van der Waals surface area (Å²) in [7, 11) is 1.69. The number of nitrogens with one attached hydrogen (secondary N) is 2. The van der Waals surface area contributed by atoms with Crippen LogP contribution in [0.15, 0.2) is 12.4 Å². The van der Waals surface area contributed by atoms with Gasteiger partial charge < -0.3 is 15.7 Å². The normalized spacial score (nSPS) is 12.8. The second-order valence-electron chi connectivity index (χ2n) is 5.08. The number of hydrogen-bond acceptors (Lipinski definition) is 3. The lowest BCUT2D eigenvalue weighted by Gasteiger charge is -2.29. The minimum absolute atomic E-state index is 0.345. The minimum atomic E-state index is -1.12. The summed E-state index contributed by atoms with van der Waals surface area (Å²) in [6.45, 7) is 5.87. The molecule has 1 aromatic heterocycles. The fourth-order valence-electron chi connectivity index (χ4n) is 1.74. The molecule has 0 radical (unpaired) electrons. The van der Waals surface area contributed by atoms with Crippen molar-refractivity contribution in [2.75, 3.05) is 0 Å². The largest absolute Gasteiger partial charge is 0.479 e. The first-order valence-electron chi connectivity index (χ1n) is 6.61. The van der Waals surface area contributed by atoms with E-state index in [0.717, 1.165) is 12.8 Å². The second kappa shape index (κ2) is 6.40. The highest BCUT2D eigenvalue weighted by molar-refractivity contribution is 5.83. The Morgan fingerprint density at radius 1 is 1.45 bits per heavy atom. The van der Waals surface area contributed by atoms with Gasteiger partial charge in [0.2, 0.25) is 0 Å². The molecular formula is C13H22N4O3. The van der Waals surface area contributed by atoms with E-state index in [0.29, 0.717) is 5.56 Å². The first-order chi connectivity index (χ1) is 9.31. The van der Waals surface area contributed by atoms with Gasteiger partial charge in [-0.25, -0.2) is 9.59 Å². The van der Waals surface area contributed by atoms with Crippen LogP contribution in [-0.4, -0.2) is 32.4 Å². The molecular weight excluding hydrogens is 260 g/mol. The molecule has 0 fully saturated rings. The quantitative estimate of drug-likeness (QED) is 0.735. The van der Waals surface area contributed by atoms with Crippen LogP contribution in [0, 0.1) is 0 Å². The number of hydrogen-bond donors (Lipinski definition) is 3. The Labute approximate surface area is 118 Å². The van der Waals surface area contributed by atoms with E-state index in [9.17, 15) is 14.7 Å². The fraction of sp³-hybridized carbons (Fsp3) is 0.615. The van der Waals surface area contributed by atoms with Gasteiger partial charge in [0.1, 0.15) is 0 Å². The Balaban J connectivity index is 2.77. The number of carbonyl (C=O) groups excluding carboxylic acids is 1. The summed E-state index contributed by atoms with van der Waals surface area (Å²) in [6, 6.07) is -1.60. The first-order valence-corrected chi connectivity index (χ1v) is 6.61. The van der Waals surface area contributed by atoms with E-state index in [1.165, 1.54) is 10.9 Å². The van der Waals surface area contributed by atoms with Gasteiger partial charge in [-0.15, -0.1) is 0 Å². The zero-order valence-electron chi connectivity index (χ0n) is 12.3. The Kier molecular flexibility index (Phi) is 5.12. The van der Waals surface area contributed by atoms with Crippen molar-refractivity contribution >= 4 is 12.0 Å². The number of nitrogens with zero attached hydrogens (tertiary/aromatic N) is 2. The lowest BCUT2D eigenvalue weighted by atomic mass is 9.96. The number of aromatic nitrogens is 2. The number of amides is 2. The Hall–Kier alpha value is -2.05. The third-order valence-electron chi connectivity index (χ3n) is 3.56. The fourth-order valence-corrected chi connectivity index (χ4v) is 1.74. The van der Waals surface area contributed by atoms with Gasteiger partial charge in [0.15, 0.2) is 6.04 Å². The van der Waals surface area contributed by atoms with E-state index in [1.54, 1.807) is 13.2 Å². The number of urea groups is 1. The molecule has 1 atom stereocenters. The number of carbonyl (C=O) groups is 2. The molecule has 0 aromatic carbocycles. The lowest BCUT2D eigenvalue weighted by molar-refractivity contribution is -0.139. The van der Waals surface area contributed by atoms with E-state index < -0.39 is 18.0 Å². The number of carboxylic acid groups (broad SMARTS) is 1. The number of rotatable bonds is 6. The molecule has 0 spiro atoms. The number of aryl methyl sites for hydroxylation is 1. The van der Waals surface area contributed by atoms with E-state index in [1.807, 2.05) is 20.8 Å². The maximum Gasteiger partial charge on any atom is 0.331 e. The van der Waals surface area contributed by atoms with Crippen LogP contribution in [0.3, 0.4) is 0 Å². The van der Waals surface area contributed by atoms with Crippen LogP contribution in [0.5, 0.6) is 0 Å². The summed E-state index contributed by atoms with van der Waals surface area (Å²) >= 11 is 0. The minimum Gasteiger partial charge on any atom is -0.479 e. The van der Waals surface area contributed by atoms with Crippen LogP contribution in [0.25, 0.3) is 0 Å². The summed E-state index contributed by atoms with van der Waals surface area (Å²) < 4.78 is 1.49. The van der Waals surface area contributed by atoms with Gasteiger partial charge in [0.05, 0.1) is 6.20 Å². The zero-order chi connectivity index (χ0) is 15.3. The standard InChI is InChI=1S/C13H22N4O3/c1-5-13(3,6-2)16-12(20)15-10(11(18)19)9-7-14-17(4)8-9/h7-8,10H,5-6H2,1-4H3,(H,18,19)(H2,15,16,20). The van der Waals surface area contributed by atoms with Crippen LogP contribution < -0.4 is 10.6 Å². The van der Waals surface area contributed by atoms with Crippen molar-refractivity contribution in [3.05, 3.63) is 18.0 Å². The first kappa shape index (κ1) is 16.0. The van der Waals surface area contributed by atoms with Gasteiger partial charge in [0, 0.05) is 24.3 Å². The van der Waals surface area contributed by atoms with Gasteiger partial charge in [-0.3, -0.25) is 4.68 Å². The molecule has 1 heterocycles. The smallest absolute Gasteiger partial charge is 0.331 e. The average molecular weight is 282 g/mol. The van der Waals surface area contributed by atoms with Crippen molar-refractivity contribution in [2.24, 2.45) is 7.05 Å². The van der Waals surface area contributed by atoms with Crippen LogP contribution >= 0.6 is 0 Å². The molecule has 0 aliphatic heterocycles. The Bertz CT molecular complexity index is 480. The summed E-state index contributed by atoms with van der Waals surface area (Å²) in [5, 5.41) is 18.4. The summed E-state index contributed by atoms with van der Waals surface area (Å²) in [5.74, 6) is -1.12. The summed E-state index contributed by atoms with van der Waals surface area (Å²) in [5.41, 5.74) is 0.0899. The molecule has 0 aliphatic rings. The highest BCUT2D eigenvalue weighted by Gasteiger charge is 2.27. The molecule has 20 heavy (non-hydrogen) atoms. The van der Waals surface area contributed by atoms with Crippen molar-refractivity contribution in [2.45, 2.75) is 45.2 Å². The third kappa shape index (κ3) is 3.97. The van der Waals surface area contributed by atoms with E-state index >= 15 is 0 Å². The van der Waals surface area contributed by atoms with E-state index in [2.05, 4.69) is 15.7 Å². The van der Waals surface area contributed by atoms with Gasteiger partial charge in [-0.2, -0.15) is 5.10 Å². The molecule has 1 rings (SSSR count). The molecule has 1 aromatic rings. The van der Waals surface area contributed by atoms with Crippen LogP contribution in [0.1, 0.15) is 45.2 Å². The molecule has 0 saturated carbocycles. The van der Waals surface area contributed by atoms with E-state index in [-0.39, 0.29) is 5.54 Å². The van der Waals surface area contributed by atoms with Crippen molar-refractivity contribution < 1.29 is 14.7 Å². The van der Waals surface area contributed by atoms with Gasteiger partial charge in [0.25, 0.3) is 0 Å². The van der Waals surface area contributed by atoms with Crippen LogP contribution in [0.4, 0.5) is 4.79 Å². The lowest BCUT2D eigenvalue weighted by Crippen LogP contribution is -2.51. The summed E-state index contributed by atoms with van der Waals surface area (Å²) in [6.07, 6.45) is 4.53. The molecule has 112 valence electrons. The molecule has 2 amide bonds. The highest BCUT2D eigenvalue weighted by Crippen LogP contribution is 2.15. The maximum atomic E-state index is 12.0. The van der Waals surface area contributed by atoms with Crippen molar-refractivity contribution in [1.29, 1.82) is 0 Å². The second-order valence-corrected chi connectivity index (χ2v) is 5.08. The Morgan fingerprint density at radius 3 is 2.45 bits per heavy atom. The predicted octanol–water partition coefficient (Wildman–Crippen LogP) is 1.42. The van der Waals surface area contributed by atoms with Gasteiger partial charge in [-0.05, 0) is 19.8 Å².